The zero-order chi connectivity index (χ0) is 18.6. The second-order valence-electron chi connectivity index (χ2n) is 5.54. The Morgan fingerprint density at radius 3 is 2.40 bits per heavy atom. The number of amides is 2. The summed E-state index contributed by atoms with van der Waals surface area (Å²) in [6, 6.07) is 7.78. The summed E-state index contributed by atoms with van der Waals surface area (Å²) in [5.41, 5.74) is 8.69. The van der Waals surface area contributed by atoms with Crippen molar-refractivity contribution in [2.45, 2.75) is 20.8 Å². The van der Waals surface area contributed by atoms with Gasteiger partial charge >= 0.3 is 0 Å². The second-order valence-corrected chi connectivity index (χ2v) is 7.17. The maximum Gasteiger partial charge on any atom is 0.251 e. The summed E-state index contributed by atoms with van der Waals surface area (Å²) in [7, 11) is 0. The Kier molecular flexibility index (Phi) is 6.06. The van der Waals surface area contributed by atoms with Crippen LogP contribution in [0.3, 0.4) is 0 Å². The standard InChI is InChI=1S/C18H19N3O2S2/c1-10-4-6-13(7-5-10)8-9-14(22)20-18(24)21-17-15(16(19)23)11(2)12(3)25-17/h4-9H,1-3H3,(H2,19,23)(H2,20,21,22,24)/b9-8+. The van der Waals surface area contributed by atoms with Crippen LogP contribution in [0.4, 0.5) is 5.00 Å². The van der Waals surface area contributed by atoms with Crippen LogP contribution in [0.15, 0.2) is 30.3 Å². The normalized spacial score (nSPS) is 10.7. The molecule has 130 valence electrons. The zero-order valence-corrected chi connectivity index (χ0v) is 15.8. The zero-order valence-electron chi connectivity index (χ0n) is 14.2. The number of aryl methyl sites for hydroxylation is 2. The second kappa shape index (κ2) is 8.04. The highest BCUT2D eigenvalue weighted by Crippen LogP contribution is 2.31. The third kappa shape index (κ3) is 4.98. The molecule has 7 heteroatoms. The number of anilines is 1. The molecule has 1 aromatic carbocycles. The van der Waals surface area contributed by atoms with Gasteiger partial charge in [0.25, 0.3) is 5.91 Å². The van der Waals surface area contributed by atoms with E-state index < -0.39 is 5.91 Å². The Morgan fingerprint density at radius 2 is 1.80 bits per heavy atom. The minimum absolute atomic E-state index is 0.113. The van der Waals surface area contributed by atoms with E-state index in [9.17, 15) is 9.59 Å². The molecule has 0 radical (unpaired) electrons. The molecule has 2 rings (SSSR count). The van der Waals surface area contributed by atoms with Gasteiger partial charge in [0.2, 0.25) is 5.91 Å². The van der Waals surface area contributed by atoms with Gasteiger partial charge in [0.1, 0.15) is 5.00 Å². The smallest absolute Gasteiger partial charge is 0.251 e. The quantitative estimate of drug-likeness (QED) is 0.567. The van der Waals surface area contributed by atoms with E-state index >= 15 is 0 Å². The highest BCUT2D eigenvalue weighted by Gasteiger charge is 2.18. The molecule has 0 fully saturated rings. The number of carbonyl (C=O) groups excluding carboxylic acids is 2. The Morgan fingerprint density at radius 1 is 1.16 bits per heavy atom. The van der Waals surface area contributed by atoms with Gasteiger partial charge in [0.05, 0.1) is 5.56 Å². The van der Waals surface area contributed by atoms with Gasteiger partial charge in [-0.1, -0.05) is 29.8 Å². The van der Waals surface area contributed by atoms with Crippen molar-refractivity contribution in [3.05, 3.63) is 57.5 Å². The molecule has 1 heterocycles. The van der Waals surface area contributed by atoms with Crippen molar-refractivity contribution >= 4 is 51.6 Å². The van der Waals surface area contributed by atoms with E-state index in [0.717, 1.165) is 21.6 Å². The maximum atomic E-state index is 12.0. The lowest BCUT2D eigenvalue weighted by Crippen LogP contribution is -2.33. The first-order chi connectivity index (χ1) is 11.8. The summed E-state index contributed by atoms with van der Waals surface area (Å²) in [5.74, 6) is -0.888. The molecule has 0 aliphatic heterocycles. The van der Waals surface area contributed by atoms with Crippen molar-refractivity contribution in [3.63, 3.8) is 0 Å². The third-order valence-corrected chi connectivity index (χ3v) is 4.93. The molecule has 25 heavy (non-hydrogen) atoms. The van der Waals surface area contributed by atoms with Gasteiger partial charge in [-0.3, -0.25) is 14.9 Å². The molecule has 4 N–H and O–H groups in total. The van der Waals surface area contributed by atoms with Crippen LogP contribution in [0, 0.1) is 20.8 Å². The predicted molar refractivity (Wildman–Crippen MR) is 107 cm³/mol. The summed E-state index contributed by atoms with van der Waals surface area (Å²) in [6.45, 7) is 5.71. The molecule has 0 atom stereocenters. The monoisotopic (exact) mass is 373 g/mol. The Bertz CT molecular complexity index is 852. The Balaban J connectivity index is 2.00. The van der Waals surface area contributed by atoms with Crippen LogP contribution in [-0.4, -0.2) is 16.9 Å². The molecule has 2 amide bonds. The van der Waals surface area contributed by atoms with Gasteiger partial charge in [-0.2, -0.15) is 0 Å². The number of rotatable bonds is 4. The molecule has 5 nitrogen and oxygen atoms in total. The molecule has 0 saturated heterocycles. The molecule has 0 aliphatic carbocycles. The average Bonchev–Trinajstić information content (AvgIpc) is 2.80. The van der Waals surface area contributed by atoms with Crippen molar-refractivity contribution in [1.29, 1.82) is 0 Å². The van der Waals surface area contributed by atoms with Crippen molar-refractivity contribution < 1.29 is 9.59 Å². The summed E-state index contributed by atoms with van der Waals surface area (Å²) < 4.78 is 0. The molecule has 0 saturated carbocycles. The van der Waals surface area contributed by atoms with E-state index in [4.69, 9.17) is 18.0 Å². The van der Waals surface area contributed by atoms with Gasteiger partial charge in [-0.25, -0.2) is 0 Å². The van der Waals surface area contributed by atoms with Crippen LogP contribution in [0.2, 0.25) is 0 Å². The molecule has 0 aliphatic rings. The predicted octanol–water partition coefficient (Wildman–Crippen LogP) is 3.30. The van der Waals surface area contributed by atoms with Crippen LogP contribution in [0.5, 0.6) is 0 Å². The van der Waals surface area contributed by atoms with E-state index in [-0.39, 0.29) is 11.0 Å². The van der Waals surface area contributed by atoms with Gasteiger partial charge in [0, 0.05) is 11.0 Å². The van der Waals surface area contributed by atoms with Crippen LogP contribution < -0.4 is 16.4 Å². The number of nitrogens with two attached hydrogens (primary N) is 1. The number of thiophene rings is 1. The van der Waals surface area contributed by atoms with Gasteiger partial charge in [0.15, 0.2) is 5.11 Å². The third-order valence-electron chi connectivity index (χ3n) is 3.60. The number of benzene rings is 1. The summed E-state index contributed by atoms with van der Waals surface area (Å²) in [4.78, 5) is 24.5. The van der Waals surface area contributed by atoms with Crippen molar-refractivity contribution in [2.24, 2.45) is 5.73 Å². The molecule has 0 unspecified atom stereocenters. The Labute approximate surface area is 155 Å². The van der Waals surface area contributed by atoms with Crippen LogP contribution in [-0.2, 0) is 4.79 Å². The van der Waals surface area contributed by atoms with Gasteiger partial charge in [-0.15, -0.1) is 11.3 Å². The molecular weight excluding hydrogens is 354 g/mol. The fourth-order valence-corrected chi connectivity index (χ4v) is 3.49. The highest BCUT2D eigenvalue weighted by atomic mass is 32.1. The number of carbonyl (C=O) groups is 2. The lowest BCUT2D eigenvalue weighted by atomic mass is 10.1. The number of hydrogen-bond acceptors (Lipinski definition) is 4. The number of thiocarbonyl (C=S) groups is 1. The topological polar surface area (TPSA) is 84.2 Å². The lowest BCUT2D eigenvalue weighted by molar-refractivity contribution is -0.115. The lowest BCUT2D eigenvalue weighted by Gasteiger charge is -2.07. The van der Waals surface area contributed by atoms with E-state index in [0.29, 0.717) is 10.6 Å². The SMILES string of the molecule is Cc1ccc(/C=C/C(=O)NC(=S)Nc2sc(C)c(C)c2C(N)=O)cc1. The first-order valence-electron chi connectivity index (χ1n) is 7.54. The van der Waals surface area contributed by atoms with Gasteiger partial charge in [-0.05, 0) is 50.2 Å². The van der Waals surface area contributed by atoms with E-state index in [1.165, 1.54) is 17.4 Å². The Hall–Kier alpha value is -2.51. The molecule has 1 aromatic heterocycles. The average molecular weight is 374 g/mol. The minimum Gasteiger partial charge on any atom is -0.365 e. The maximum absolute atomic E-state index is 12.0. The molecule has 0 spiro atoms. The highest BCUT2D eigenvalue weighted by molar-refractivity contribution is 7.80. The number of primary amides is 1. The number of hydrogen-bond donors (Lipinski definition) is 3. The molecule has 0 bridgehead atoms. The van der Waals surface area contributed by atoms with Crippen molar-refractivity contribution in [3.8, 4) is 0 Å². The first-order valence-corrected chi connectivity index (χ1v) is 8.77. The fourth-order valence-electron chi connectivity index (χ4n) is 2.15. The van der Waals surface area contributed by atoms with Gasteiger partial charge < -0.3 is 11.1 Å². The summed E-state index contributed by atoms with van der Waals surface area (Å²) in [5, 5.41) is 6.08. The van der Waals surface area contributed by atoms with Crippen LogP contribution >= 0.6 is 23.6 Å². The summed E-state index contributed by atoms with van der Waals surface area (Å²) in [6.07, 6.45) is 3.10. The molecular formula is C18H19N3O2S2. The number of nitrogens with one attached hydrogen (secondary N) is 2. The summed E-state index contributed by atoms with van der Waals surface area (Å²) >= 11 is 6.50. The van der Waals surface area contributed by atoms with E-state index in [2.05, 4.69) is 10.6 Å². The molecule has 2 aromatic rings. The fraction of sp³-hybridized carbons (Fsp3) is 0.167. The largest absolute Gasteiger partial charge is 0.365 e. The van der Waals surface area contributed by atoms with E-state index in [1.54, 1.807) is 6.08 Å². The van der Waals surface area contributed by atoms with Crippen LogP contribution in [0.1, 0.15) is 31.9 Å². The van der Waals surface area contributed by atoms with Crippen LogP contribution in [0.25, 0.3) is 6.08 Å². The van der Waals surface area contributed by atoms with Crippen molar-refractivity contribution in [1.82, 2.24) is 5.32 Å². The first kappa shape index (κ1) is 18.8. The van der Waals surface area contributed by atoms with E-state index in [1.807, 2.05) is 45.0 Å². The van der Waals surface area contributed by atoms with Crippen molar-refractivity contribution in [2.75, 3.05) is 5.32 Å². The minimum atomic E-state index is -0.530.